The number of fused-ring (bicyclic) bond motifs is 1. The Bertz CT molecular complexity index is 1480. The van der Waals surface area contributed by atoms with Crippen LogP contribution in [0.15, 0.2) is 39.8 Å². The number of rotatable bonds is 4. The summed E-state index contributed by atoms with van der Waals surface area (Å²) in [4.78, 5) is 30.7. The van der Waals surface area contributed by atoms with Gasteiger partial charge in [-0.1, -0.05) is 34.4 Å². The van der Waals surface area contributed by atoms with Gasteiger partial charge < -0.3 is 20.5 Å². The number of benzene rings is 1. The van der Waals surface area contributed by atoms with Gasteiger partial charge in [0.15, 0.2) is 11.6 Å². The second kappa shape index (κ2) is 8.62. The van der Waals surface area contributed by atoms with E-state index in [1.165, 1.54) is 12.3 Å². The summed E-state index contributed by atoms with van der Waals surface area (Å²) in [5.74, 6) is 0.497. The van der Waals surface area contributed by atoms with Crippen molar-refractivity contribution in [3.63, 3.8) is 0 Å². The third kappa shape index (κ3) is 3.95. The maximum atomic E-state index is 12.9. The molecule has 0 radical (unpaired) electrons. The lowest BCUT2D eigenvalue weighted by Crippen LogP contribution is -2.37. The van der Waals surface area contributed by atoms with Crippen LogP contribution in [0.2, 0.25) is 10.0 Å². The van der Waals surface area contributed by atoms with E-state index in [1.54, 1.807) is 25.1 Å². The second-order valence-corrected chi connectivity index (χ2v) is 8.88. The van der Waals surface area contributed by atoms with E-state index in [-0.39, 0.29) is 28.3 Å². The Morgan fingerprint density at radius 1 is 1.29 bits per heavy atom. The molecule has 34 heavy (non-hydrogen) atoms. The van der Waals surface area contributed by atoms with Crippen LogP contribution < -0.4 is 21.5 Å². The van der Waals surface area contributed by atoms with E-state index in [4.69, 9.17) is 33.5 Å². The topological polar surface area (TPSA) is 143 Å². The van der Waals surface area contributed by atoms with E-state index in [0.717, 1.165) is 0 Å². The molecule has 1 aromatic carbocycles. The number of hydrogen-bond acceptors (Lipinski definition) is 8. The van der Waals surface area contributed by atoms with Crippen LogP contribution in [0.1, 0.15) is 22.3 Å². The first-order valence-corrected chi connectivity index (χ1v) is 11.2. The zero-order valence-electron chi connectivity index (χ0n) is 17.9. The van der Waals surface area contributed by atoms with E-state index in [9.17, 15) is 9.59 Å². The molecule has 1 fully saturated rings. The van der Waals surface area contributed by atoms with E-state index in [2.05, 4.69) is 25.7 Å². The van der Waals surface area contributed by atoms with Crippen molar-refractivity contribution in [2.75, 3.05) is 23.7 Å². The molecule has 1 aliphatic rings. The first-order chi connectivity index (χ1) is 16.3. The molecule has 10 nitrogen and oxygen atoms in total. The van der Waals surface area contributed by atoms with Crippen molar-refractivity contribution in [2.45, 2.75) is 19.4 Å². The number of anilines is 2. The fourth-order valence-electron chi connectivity index (χ4n) is 4.12. The summed E-state index contributed by atoms with van der Waals surface area (Å²) in [6.07, 6.45) is 2.22. The lowest BCUT2D eigenvalue weighted by molar-refractivity contribution is 0.0940. The Hall–Kier alpha value is -3.63. The number of nitrogens with one attached hydrogen (secondary N) is 2. The SMILES string of the molecule is Cc1cc(=O)[nH]nc1-c1ccc(C(=O)N[C@@H]2CCN(c3ncc(Cl)c4c(N)noc34)C2)c(Cl)c1. The van der Waals surface area contributed by atoms with Crippen molar-refractivity contribution in [1.82, 2.24) is 25.7 Å². The second-order valence-electron chi connectivity index (χ2n) is 8.07. The Morgan fingerprint density at radius 2 is 2.12 bits per heavy atom. The molecule has 1 atom stereocenters. The van der Waals surface area contributed by atoms with Crippen molar-refractivity contribution in [2.24, 2.45) is 0 Å². The highest BCUT2D eigenvalue weighted by atomic mass is 35.5. The van der Waals surface area contributed by atoms with Gasteiger partial charge in [-0.15, -0.1) is 0 Å². The van der Waals surface area contributed by atoms with Gasteiger partial charge in [0.2, 0.25) is 5.58 Å². The predicted molar refractivity (Wildman–Crippen MR) is 129 cm³/mol. The van der Waals surface area contributed by atoms with Crippen LogP contribution in [0.25, 0.3) is 22.2 Å². The number of carbonyl (C=O) groups excluding carboxylic acids is 1. The number of hydrogen-bond donors (Lipinski definition) is 3. The molecule has 0 aliphatic carbocycles. The Balaban J connectivity index is 1.31. The van der Waals surface area contributed by atoms with Crippen molar-refractivity contribution in [1.29, 1.82) is 0 Å². The Morgan fingerprint density at radius 3 is 2.88 bits per heavy atom. The van der Waals surface area contributed by atoms with Gasteiger partial charge in [0.05, 0.1) is 26.7 Å². The minimum atomic E-state index is -0.285. The fraction of sp³-hybridized carbons (Fsp3) is 0.227. The van der Waals surface area contributed by atoms with Gasteiger partial charge in [0.25, 0.3) is 11.5 Å². The lowest BCUT2D eigenvalue weighted by Gasteiger charge is -2.18. The summed E-state index contributed by atoms with van der Waals surface area (Å²) in [6, 6.07) is 6.39. The number of aromatic amines is 1. The normalized spacial score (nSPS) is 15.7. The van der Waals surface area contributed by atoms with Gasteiger partial charge in [0, 0.05) is 37.0 Å². The lowest BCUT2D eigenvalue weighted by atomic mass is 10.0. The summed E-state index contributed by atoms with van der Waals surface area (Å²) >= 11 is 12.6. The van der Waals surface area contributed by atoms with Crippen LogP contribution in [0.5, 0.6) is 0 Å². The van der Waals surface area contributed by atoms with E-state index >= 15 is 0 Å². The molecule has 5 rings (SSSR count). The average molecular weight is 500 g/mol. The summed E-state index contributed by atoms with van der Waals surface area (Å²) in [5.41, 5.74) is 8.34. The molecular formula is C22H19Cl2N7O3. The zero-order valence-corrected chi connectivity index (χ0v) is 19.4. The number of pyridine rings is 1. The van der Waals surface area contributed by atoms with Crippen LogP contribution in [-0.2, 0) is 0 Å². The van der Waals surface area contributed by atoms with Gasteiger partial charge >= 0.3 is 0 Å². The van der Waals surface area contributed by atoms with Gasteiger partial charge in [-0.05, 0) is 31.0 Å². The average Bonchev–Trinajstić information content (AvgIpc) is 3.41. The molecule has 174 valence electrons. The van der Waals surface area contributed by atoms with Crippen molar-refractivity contribution >= 4 is 51.7 Å². The molecule has 0 spiro atoms. The van der Waals surface area contributed by atoms with E-state index < -0.39 is 0 Å². The van der Waals surface area contributed by atoms with E-state index in [0.29, 0.717) is 63.7 Å². The summed E-state index contributed by atoms with van der Waals surface area (Å²) < 4.78 is 5.34. The molecule has 1 amide bonds. The third-order valence-corrected chi connectivity index (χ3v) is 6.37. The van der Waals surface area contributed by atoms with Gasteiger partial charge in [0.1, 0.15) is 0 Å². The van der Waals surface area contributed by atoms with Crippen molar-refractivity contribution in [3.8, 4) is 11.3 Å². The maximum Gasteiger partial charge on any atom is 0.264 e. The highest BCUT2D eigenvalue weighted by molar-refractivity contribution is 6.36. The van der Waals surface area contributed by atoms with Gasteiger partial charge in [-0.25, -0.2) is 10.1 Å². The van der Waals surface area contributed by atoms with Gasteiger partial charge in [-0.2, -0.15) is 5.10 Å². The Kier molecular flexibility index (Phi) is 5.62. The van der Waals surface area contributed by atoms with Crippen molar-refractivity contribution < 1.29 is 9.32 Å². The van der Waals surface area contributed by atoms with Crippen LogP contribution >= 0.6 is 23.2 Å². The smallest absolute Gasteiger partial charge is 0.264 e. The number of halogens is 2. The zero-order chi connectivity index (χ0) is 24.0. The number of carbonyl (C=O) groups is 1. The first-order valence-electron chi connectivity index (χ1n) is 10.4. The van der Waals surface area contributed by atoms with Crippen LogP contribution in [-0.4, -0.2) is 45.4 Å². The first kappa shape index (κ1) is 22.2. The van der Waals surface area contributed by atoms with Crippen LogP contribution in [0, 0.1) is 6.92 Å². The number of nitrogens with zero attached hydrogens (tertiary/aromatic N) is 4. The number of H-pyrrole nitrogens is 1. The quantitative estimate of drug-likeness (QED) is 0.388. The summed E-state index contributed by atoms with van der Waals surface area (Å²) in [5, 5.41) is 14.5. The molecule has 12 heteroatoms. The molecule has 0 bridgehead atoms. The number of amides is 1. The molecular weight excluding hydrogens is 481 g/mol. The molecule has 3 aromatic heterocycles. The largest absolute Gasteiger partial charge is 0.380 e. The van der Waals surface area contributed by atoms with Crippen molar-refractivity contribution in [3.05, 3.63) is 62.0 Å². The molecule has 1 saturated heterocycles. The molecule has 0 saturated carbocycles. The monoisotopic (exact) mass is 499 g/mol. The fourth-order valence-corrected chi connectivity index (χ4v) is 4.62. The number of aryl methyl sites for hydroxylation is 1. The van der Waals surface area contributed by atoms with Crippen LogP contribution in [0.4, 0.5) is 11.6 Å². The number of aromatic nitrogens is 4. The van der Waals surface area contributed by atoms with E-state index in [1.807, 2.05) is 4.90 Å². The third-order valence-electron chi connectivity index (χ3n) is 5.77. The molecule has 0 unspecified atom stereocenters. The number of nitrogen functional groups attached to an aromatic ring is 1. The number of nitrogens with two attached hydrogens (primary N) is 1. The molecule has 4 aromatic rings. The predicted octanol–water partition coefficient (Wildman–Crippen LogP) is 3.18. The standard InChI is InChI=1S/C22H19Cl2N7O3/c1-10-6-16(32)28-29-18(10)11-2-3-13(14(23)7-11)22(33)27-12-4-5-31(9-12)21-19-17(15(24)8-26-21)20(25)30-34-19/h2-3,6-8,12H,4-5,9H2,1H3,(H2,25,30)(H,27,33)(H,28,32)/t12-/m1/s1. The van der Waals surface area contributed by atoms with Gasteiger partial charge in [-0.3, -0.25) is 9.59 Å². The summed E-state index contributed by atoms with van der Waals surface area (Å²) in [7, 11) is 0. The summed E-state index contributed by atoms with van der Waals surface area (Å²) in [6.45, 7) is 2.96. The molecule has 4 heterocycles. The highest BCUT2D eigenvalue weighted by Gasteiger charge is 2.29. The molecule has 1 aliphatic heterocycles. The highest BCUT2D eigenvalue weighted by Crippen LogP contribution is 2.35. The minimum Gasteiger partial charge on any atom is -0.380 e. The Labute approximate surface area is 203 Å². The minimum absolute atomic E-state index is 0.126. The van der Waals surface area contributed by atoms with Crippen LogP contribution in [0.3, 0.4) is 0 Å². The molecule has 4 N–H and O–H groups in total. The maximum absolute atomic E-state index is 12.9.